The second-order valence-corrected chi connectivity index (χ2v) is 7.20. The molecule has 0 aliphatic rings. The molecule has 0 saturated heterocycles. The highest BCUT2D eigenvalue weighted by Gasteiger charge is 2.15. The van der Waals surface area contributed by atoms with E-state index < -0.39 is 13.7 Å². The lowest BCUT2D eigenvalue weighted by atomic mass is 10.0. The van der Waals surface area contributed by atoms with Crippen molar-refractivity contribution < 1.29 is 18.3 Å². The third-order valence-electron chi connectivity index (χ3n) is 4.59. The first-order valence-electron chi connectivity index (χ1n) is 9.50. The lowest BCUT2D eigenvalue weighted by molar-refractivity contribution is 0.158. The van der Waals surface area contributed by atoms with Gasteiger partial charge in [0.05, 0.1) is 5.52 Å². The van der Waals surface area contributed by atoms with Gasteiger partial charge in [-0.2, -0.15) is 10.2 Å². The number of nitrogens with one attached hydrogen (secondary N) is 2. The molecular weight excluding hydrogens is 392 g/mol. The number of hydrogen-bond donors (Lipinski definition) is 2. The summed E-state index contributed by atoms with van der Waals surface area (Å²) in [4.78, 5) is 4.57. The molecule has 9 heteroatoms. The fourth-order valence-corrected chi connectivity index (χ4v) is 3.28. The van der Waals surface area contributed by atoms with E-state index in [2.05, 4.69) is 39.2 Å². The van der Waals surface area contributed by atoms with Crippen LogP contribution in [0, 0.1) is 5.92 Å². The number of benzene rings is 2. The highest BCUT2D eigenvalue weighted by molar-refractivity contribution is 5.95. The number of alkyl halides is 2. The van der Waals surface area contributed by atoms with Crippen molar-refractivity contribution >= 4 is 10.9 Å². The molecule has 156 valence electrons. The molecule has 0 amide bonds. The predicted molar refractivity (Wildman–Crippen MR) is 109 cm³/mol. The van der Waals surface area contributed by atoms with Gasteiger partial charge in [0.2, 0.25) is 13.7 Å². The largest absolute Gasteiger partial charge is 0.459 e. The average molecular weight is 413 g/mol. The average Bonchev–Trinajstić information content (AvgIpc) is 3.35. The molecule has 30 heavy (non-hydrogen) atoms. The molecule has 7 nitrogen and oxygen atoms in total. The van der Waals surface area contributed by atoms with Gasteiger partial charge in [-0.1, -0.05) is 13.8 Å². The smallest absolute Gasteiger partial charge is 0.228 e. The van der Waals surface area contributed by atoms with Gasteiger partial charge in [-0.25, -0.2) is 13.8 Å². The van der Waals surface area contributed by atoms with Gasteiger partial charge >= 0.3 is 0 Å². The molecule has 0 aliphatic heterocycles. The third-order valence-corrected chi connectivity index (χ3v) is 4.59. The zero-order chi connectivity index (χ0) is 21.1. The number of nitrogens with zero attached hydrogens (tertiary/aromatic N) is 3. The summed E-state index contributed by atoms with van der Waals surface area (Å²) in [6.07, 6.45) is 0.816. The molecule has 2 aromatic carbocycles. The van der Waals surface area contributed by atoms with Crippen molar-refractivity contribution in [1.82, 2.24) is 25.4 Å². The topological polar surface area (TPSA) is 88.7 Å². The third kappa shape index (κ3) is 3.96. The zero-order valence-electron chi connectivity index (χ0n) is 16.6. The van der Waals surface area contributed by atoms with E-state index in [-0.39, 0.29) is 11.5 Å². The van der Waals surface area contributed by atoms with Gasteiger partial charge in [0, 0.05) is 22.9 Å². The highest BCUT2D eigenvalue weighted by atomic mass is 19.1. The number of H-pyrrole nitrogens is 2. The lowest BCUT2D eigenvalue weighted by Crippen LogP contribution is -1.97. The summed E-state index contributed by atoms with van der Waals surface area (Å²) >= 11 is 0. The fourth-order valence-electron chi connectivity index (χ4n) is 3.28. The van der Waals surface area contributed by atoms with E-state index in [0.29, 0.717) is 23.0 Å². The van der Waals surface area contributed by atoms with Gasteiger partial charge in [-0.05, 0) is 42.3 Å². The molecule has 2 N–H and O–H groups in total. The molecule has 0 aliphatic carbocycles. The van der Waals surface area contributed by atoms with E-state index in [1.807, 2.05) is 18.2 Å². The van der Waals surface area contributed by atoms with Crippen molar-refractivity contribution in [3.05, 3.63) is 42.2 Å². The SMILES string of the molecule is CC(C)Cc1nc(-c2ccc3[nH]nc(-c4ccc(OCF)c(OCF)c4)c3c2)n[nH]1. The summed E-state index contributed by atoms with van der Waals surface area (Å²) in [5, 5.41) is 15.5. The van der Waals surface area contributed by atoms with E-state index in [0.717, 1.165) is 28.7 Å². The van der Waals surface area contributed by atoms with E-state index in [1.165, 1.54) is 6.07 Å². The van der Waals surface area contributed by atoms with Crippen molar-refractivity contribution in [1.29, 1.82) is 0 Å². The minimum Gasteiger partial charge on any atom is -0.459 e. The maximum Gasteiger partial charge on any atom is 0.228 e. The Morgan fingerprint density at radius 2 is 1.67 bits per heavy atom. The molecular formula is C21H21F2N5O2. The number of aromatic amines is 2. The van der Waals surface area contributed by atoms with Crippen molar-refractivity contribution in [3.63, 3.8) is 0 Å². The Balaban J connectivity index is 1.73. The van der Waals surface area contributed by atoms with Gasteiger partial charge in [0.1, 0.15) is 11.5 Å². The summed E-state index contributed by atoms with van der Waals surface area (Å²) in [6, 6.07) is 10.6. The Hall–Kier alpha value is -3.49. The predicted octanol–water partition coefficient (Wildman–Crippen LogP) is 4.83. The van der Waals surface area contributed by atoms with Crippen LogP contribution in [0.1, 0.15) is 19.7 Å². The number of halogens is 2. The van der Waals surface area contributed by atoms with E-state index in [1.54, 1.807) is 12.1 Å². The molecule has 4 aromatic rings. The number of rotatable bonds is 8. The normalized spacial score (nSPS) is 11.4. The quantitative estimate of drug-likeness (QED) is 0.432. The Morgan fingerprint density at radius 1 is 0.900 bits per heavy atom. The number of hydrogen-bond acceptors (Lipinski definition) is 5. The molecule has 0 radical (unpaired) electrons. The molecule has 2 heterocycles. The fraction of sp³-hybridized carbons (Fsp3) is 0.286. The Morgan fingerprint density at radius 3 is 2.43 bits per heavy atom. The minimum absolute atomic E-state index is 0.104. The van der Waals surface area contributed by atoms with Crippen molar-refractivity contribution in [2.24, 2.45) is 5.92 Å². The van der Waals surface area contributed by atoms with Crippen LogP contribution in [0.2, 0.25) is 0 Å². The summed E-state index contributed by atoms with van der Waals surface area (Å²) in [6.45, 7) is 2.15. The number of ether oxygens (including phenoxy) is 2. The Bertz CT molecular complexity index is 1160. The Labute approximate surface area is 171 Å². The molecule has 2 aromatic heterocycles. The first-order valence-corrected chi connectivity index (χ1v) is 9.50. The molecule has 0 spiro atoms. The van der Waals surface area contributed by atoms with Crippen molar-refractivity contribution in [3.8, 4) is 34.1 Å². The van der Waals surface area contributed by atoms with Crippen LogP contribution in [0.25, 0.3) is 33.5 Å². The first-order chi connectivity index (χ1) is 14.6. The molecule has 0 atom stereocenters. The standard InChI is InChI=1S/C21H21F2N5O2/c1-12(2)7-19-24-21(28-26-19)14-3-5-16-15(8-14)20(27-25-16)13-4-6-17(29-10-22)18(9-13)30-11-23/h3-6,8-9,12H,7,10-11H2,1-2H3,(H,25,27)(H,24,26,28). The monoisotopic (exact) mass is 413 g/mol. The second-order valence-electron chi connectivity index (χ2n) is 7.20. The van der Waals surface area contributed by atoms with Gasteiger partial charge in [-0.3, -0.25) is 10.2 Å². The summed E-state index contributed by atoms with van der Waals surface area (Å²) in [5.41, 5.74) is 2.97. The number of fused-ring (bicyclic) bond motifs is 1. The van der Waals surface area contributed by atoms with E-state index in [4.69, 9.17) is 9.47 Å². The van der Waals surface area contributed by atoms with Crippen LogP contribution in [0.4, 0.5) is 8.78 Å². The highest BCUT2D eigenvalue weighted by Crippen LogP contribution is 2.35. The van der Waals surface area contributed by atoms with Gasteiger partial charge in [-0.15, -0.1) is 0 Å². The van der Waals surface area contributed by atoms with Crippen LogP contribution in [0.5, 0.6) is 11.5 Å². The maximum absolute atomic E-state index is 12.7. The maximum atomic E-state index is 12.7. The second kappa shape index (κ2) is 8.48. The Kier molecular flexibility index (Phi) is 5.60. The van der Waals surface area contributed by atoms with Crippen LogP contribution in [-0.2, 0) is 6.42 Å². The molecule has 0 saturated carbocycles. The van der Waals surface area contributed by atoms with Crippen molar-refractivity contribution in [2.45, 2.75) is 20.3 Å². The molecule has 0 fully saturated rings. The van der Waals surface area contributed by atoms with Crippen LogP contribution in [0.3, 0.4) is 0 Å². The summed E-state index contributed by atoms with van der Waals surface area (Å²) in [7, 11) is 0. The van der Waals surface area contributed by atoms with Gasteiger partial charge in [0.25, 0.3) is 0 Å². The van der Waals surface area contributed by atoms with E-state index in [9.17, 15) is 8.78 Å². The molecule has 0 unspecified atom stereocenters. The zero-order valence-corrected chi connectivity index (χ0v) is 16.6. The van der Waals surface area contributed by atoms with Gasteiger partial charge < -0.3 is 9.47 Å². The van der Waals surface area contributed by atoms with Crippen LogP contribution < -0.4 is 9.47 Å². The van der Waals surface area contributed by atoms with Crippen LogP contribution >= 0.6 is 0 Å². The summed E-state index contributed by atoms with van der Waals surface area (Å²) in [5.74, 6) is 2.14. The van der Waals surface area contributed by atoms with Crippen LogP contribution in [-0.4, -0.2) is 39.1 Å². The van der Waals surface area contributed by atoms with E-state index >= 15 is 0 Å². The first kappa shape index (κ1) is 19.8. The summed E-state index contributed by atoms with van der Waals surface area (Å²) < 4.78 is 35.1. The minimum atomic E-state index is -1.05. The van der Waals surface area contributed by atoms with Crippen molar-refractivity contribution in [2.75, 3.05) is 13.7 Å². The van der Waals surface area contributed by atoms with Gasteiger partial charge in [0.15, 0.2) is 17.3 Å². The van der Waals surface area contributed by atoms with Crippen LogP contribution in [0.15, 0.2) is 36.4 Å². The lowest BCUT2D eigenvalue weighted by Gasteiger charge is -2.10. The number of aromatic nitrogens is 5. The molecule has 4 rings (SSSR count). The molecule has 0 bridgehead atoms.